The maximum atomic E-state index is 13.8. The molecule has 9 heteroatoms. The van der Waals surface area contributed by atoms with Crippen LogP contribution in [0.25, 0.3) is 0 Å². The highest BCUT2D eigenvalue weighted by Crippen LogP contribution is 2.60. The summed E-state index contributed by atoms with van der Waals surface area (Å²) in [6.45, 7) is 6.10. The fraction of sp³-hybridized carbons (Fsp3) is 0.381. The number of para-hydroxylation sites is 1. The third-order valence-corrected chi connectivity index (χ3v) is 10.5. The van der Waals surface area contributed by atoms with Gasteiger partial charge in [-0.1, -0.05) is 30.0 Å². The van der Waals surface area contributed by atoms with E-state index < -0.39 is 6.34 Å². The van der Waals surface area contributed by atoms with Crippen LogP contribution in [0, 0.1) is 0 Å². The zero-order valence-corrected chi connectivity index (χ0v) is 18.5. The SMILES string of the molecule is CCN1C(=O)N(c2ccccc2)[P@](=S)(N2CCOCC2)c2cc3c(cc21)OCCO3. The lowest BCUT2D eigenvalue weighted by Crippen LogP contribution is -2.54. The van der Waals surface area contributed by atoms with Crippen LogP contribution in [0.15, 0.2) is 42.5 Å². The fourth-order valence-electron chi connectivity index (χ4n) is 4.20. The average molecular weight is 445 g/mol. The van der Waals surface area contributed by atoms with Crippen molar-refractivity contribution in [2.45, 2.75) is 6.92 Å². The molecule has 7 nitrogen and oxygen atoms in total. The quantitative estimate of drug-likeness (QED) is 0.677. The van der Waals surface area contributed by atoms with Gasteiger partial charge in [-0.15, -0.1) is 0 Å². The minimum absolute atomic E-state index is 0.0947. The number of rotatable bonds is 3. The minimum atomic E-state index is -2.67. The molecular weight excluding hydrogens is 421 g/mol. The van der Waals surface area contributed by atoms with Crippen molar-refractivity contribution in [2.24, 2.45) is 0 Å². The summed E-state index contributed by atoms with van der Waals surface area (Å²) in [6, 6.07) is 13.6. The molecule has 158 valence electrons. The van der Waals surface area contributed by atoms with E-state index in [9.17, 15) is 4.79 Å². The molecule has 0 saturated carbocycles. The Balaban J connectivity index is 1.76. The van der Waals surface area contributed by atoms with Gasteiger partial charge in [0.15, 0.2) is 11.5 Å². The largest absolute Gasteiger partial charge is 0.486 e. The first kappa shape index (κ1) is 19.8. The molecular formula is C21H24N3O4PS. The van der Waals surface area contributed by atoms with E-state index in [-0.39, 0.29) is 6.03 Å². The predicted molar refractivity (Wildman–Crippen MR) is 121 cm³/mol. The number of nitrogens with zero attached hydrogens (tertiary/aromatic N) is 3. The van der Waals surface area contributed by atoms with Gasteiger partial charge < -0.3 is 14.2 Å². The Hall–Kier alpha value is -2.12. The van der Waals surface area contributed by atoms with E-state index in [4.69, 9.17) is 26.0 Å². The molecule has 0 N–H and O–H groups in total. The molecule has 0 spiro atoms. The van der Waals surface area contributed by atoms with E-state index in [0.29, 0.717) is 57.6 Å². The molecule has 0 bridgehead atoms. The molecule has 5 rings (SSSR count). The predicted octanol–water partition coefficient (Wildman–Crippen LogP) is 3.19. The highest BCUT2D eigenvalue weighted by atomic mass is 32.4. The number of fused-ring (bicyclic) bond motifs is 2. The average Bonchev–Trinajstić information content (AvgIpc) is 2.80. The second-order valence-electron chi connectivity index (χ2n) is 7.27. The van der Waals surface area contributed by atoms with Crippen molar-refractivity contribution in [3.63, 3.8) is 0 Å². The number of hydrogen-bond donors (Lipinski definition) is 0. The maximum absolute atomic E-state index is 13.8. The van der Waals surface area contributed by atoms with Crippen LogP contribution in [-0.2, 0) is 16.5 Å². The Bertz CT molecular complexity index is 1010. The number of benzene rings is 2. The van der Waals surface area contributed by atoms with Crippen LogP contribution in [0.5, 0.6) is 11.5 Å². The molecule has 2 amide bonds. The second-order valence-corrected chi connectivity index (χ2v) is 11.3. The molecule has 3 aliphatic heterocycles. The summed E-state index contributed by atoms with van der Waals surface area (Å²) in [5.41, 5.74) is 1.64. The Kier molecular flexibility index (Phi) is 5.19. The van der Waals surface area contributed by atoms with Gasteiger partial charge in [0, 0.05) is 31.0 Å². The molecule has 0 aromatic heterocycles. The van der Waals surface area contributed by atoms with Gasteiger partial charge in [-0.05, 0) is 25.1 Å². The molecule has 0 unspecified atom stereocenters. The van der Waals surface area contributed by atoms with E-state index in [1.54, 1.807) is 4.90 Å². The molecule has 2 aromatic carbocycles. The van der Waals surface area contributed by atoms with Gasteiger partial charge in [0.1, 0.15) is 19.6 Å². The van der Waals surface area contributed by atoms with Gasteiger partial charge in [-0.2, -0.15) is 0 Å². The van der Waals surface area contributed by atoms with Crippen LogP contribution < -0.4 is 24.3 Å². The van der Waals surface area contributed by atoms with Crippen molar-refractivity contribution in [1.29, 1.82) is 0 Å². The Morgan fingerprint density at radius 1 is 1.00 bits per heavy atom. The number of carbonyl (C=O) groups is 1. The van der Waals surface area contributed by atoms with Crippen molar-refractivity contribution >= 4 is 40.9 Å². The number of ether oxygens (including phenoxy) is 3. The topological polar surface area (TPSA) is 54.5 Å². The van der Waals surface area contributed by atoms with Gasteiger partial charge in [0.25, 0.3) is 0 Å². The molecule has 30 heavy (non-hydrogen) atoms. The third-order valence-electron chi connectivity index (χ3n) is 5.62. The first-order valence-corrected chi connectivity index (χ1v) is 12.9. The van der Waals surface area contributed by atoms with Crippen molar-refractivity contribution in [3.8, 4) is 11.5 Å². The van der Waals surface area contributed by atoms with Crippen LogP contribution in [0.3, 0.4) is 0 Å². The number of anilines is 2. The van der Waals surface area contributed by atoms with Crippen LogP contribution in [0.2, 0.25) is 0 Å². The normalized spacial score (nSPS) is 24.0. The van der Waals surface area contributed by atoms with E-state index >= 15 is 0 Å². The van der Waals surface area contributed by atoms with Gasteiger partial charge in [-0.25, -0.2) is 9.46 Å². The van der Waals surface area contributed by atoms with Gasteiger partial charge in [0.05, 0.1) is 24.6 Å². The van der Waals surface area contributed by atoms with E-state index in [1.165, 1.54) is 0 Å². The number of carbonyl (C=O) groups excluding carboxylic acids is 1. The van der Waals surface area contributed by atoms with Gasteiger partial charge in [0.2, 0.25) is 0 Å². The highest BCUT2D eigenvalue weighted by Gasteiger charge is 2.47. The summed E-state index contributed by atoms with van der Waals surface area (Å²) in [6.07, 6.45) is -2.67. The maximum Gasteiger partial charge on any atom is 0.334 e. The summed E-state index contributed by atoms with van der Waals surface area (Å²) in [7, 11) is 0. The first-order chi connectivity index (χ1) is 14.6. The van der Waals surface area contributed by atoms with Crippen molar-refractivity contribution in [1.82, 2.24) is 4.67 Å². The molecule has 1 saturated heterocycles. The zero-order valence-electron chi connectivity index (χ0n) is 16.8. The highest BCUT2D eigenvalue weighted by molar-refractivity contribution is 8.18. The Labute approximate surface area is 181 Å². The van der Waals surface area contributed by atoms with Crippen LogP contribution in [0.1, 0.15) is 6.92 Å². The molecule has 3 heterocycles. The van der Waals surface area contributed by atoms with Crippen molar-refractivity contribution in [3.05, 3.63) is 42.5 Å². The fourth-order valence-corrected chi connectivity index (χ4v) is 8.66. The molecule has 3 aliphatic rings. The van der Waals surface area contributed by atoms with E-state index in [1.807, 2.05) is 54.1 Å². The summed E-state index contributed by atoms with van der Waals surface area (Å²) in [5.74, 6) is 1.36. The van der Waals surface area contributed by atoms with Crippen molar-refractivity contribution in [2.75, 3.05) is 55.6 Å². The van der Waals surface area contributed by atoms with Gasteiger partial charge in [-0.3, -0.25) is 9.57 Å². The molecule has 2 aromatic rings. The smallest absolute Gasteiger partial charge is 0.334 e. The minimum Gasteiger partial charge on any atom is -0.486 e. The van der Waals surface area contributed by atoms with Crippen LogP contribution in [0.4, 0.5) is 16.2 Å². The molecule has 0 aliphatic carbocycles. The third kappa shape index (κ3) is 3.02. The number of morpholine rings is 1. The lowest BCUT2D eigenvalue weighted by molar-refractivity contribution is 0.0749. The standard InChI is InChI=1S/C21H24N3O4PS/c1-2-23-17-14-18-19(28-13-12-27-18)15-20(17)29(30,22-8-10-26-11-9-22)24(21(23)25)16-6-4-3-5-7-16/h3-7,14-15H,2,8-13H2,1H3/t29-/m1/s1. The summed E-state index contributed by atoms with van der Waals surface area (Å²) >= 11 is 6.48. The Morgan fingerprint density at radius 3 is 2.33 bits per heavy atom. The van der Waals surface area contributed by atoms with Crippen molar-refractivity contribution < 1.29 is 19.0 Å². The molecule has 1 atom stereocenters. The molecule has 0 radical (unpaired) electrons. The lowest BCUT2D eigenvalue weighted by Gasteiger charge is -2.50. The van der Waals surface area contributed by atoms with Crippen LogP contribution >= 0.6 is 6.34 Å². The van der Waals surface area contributed by atoms with Gasteiger partial charge >= 0.3 is 6.03 Å². The lowest BCUT2D eigenvalue weighted by atomic mass is 10.2. The number of urea groups is 1. The van der Waals surface area contributed by atoms with E-state index in [0.717, 1.165) is 16.7 Å². The summed E-state index contributed by atoms with van der Waals surface area (Å²) in [5, 5.41) is 0.967. The second kappa shape index (κ2) is 7.85. The summed E-state index contributed by atoms with van der Waals surface area (Å²) < 4.78 is 21.4. The summed E-state index contributed by atoms with van der Waals surface area (Å²) in [4.78, 5) is 15.6. The number of hydrogen-bond acceptors (Lipinski definition) is 5. The number of amides is 2. The van der Waals surface area contributed by atoms with Crippen LogP contribution in [-0.4, -0.2) is 56.8 Å². The van der Waals surface area contributed by atoms with E-state index in [2.05, 4.69) is 4.67 Å². The monoisotopic (exact) mass is 445 g/mol. The molecule has 1 fully saturated rings. The Morgan fingerprint density at radius 2 is 1.67 bits per heavy atom. The zero-order chi connectivity index (χ0) is 20.7. The first-order valence-electron chi connectivity index (χ1n) is 10.2.